The molecule has 1 aliphatic heterocycles. The van der Waals surface area contributed by atoms with E-state index in [4.69, 9.17) is 14.2 Å². The van der Waals surface area contributed by atoms with E-state index in [9.17, 15) is 9.59 Å². The number of carbonyl (C=O) groups excluding carboxylic acids is 2. The molecule has 1 aromatic carbocycles. The lowest BCUT2D eigenvalue weighted by molar-refractivity contribution is -0.145. The van der Waals surface area contributed by atoms with E-state index in [0.717, 1.165) is 25.7 Å². The molecule has 1 unspecified atom stereocenters. The van der Waals surface area contributed by atoms with E-state index in [2.05, 4.69) is 6.92 Å². The van der Waals surface area contributed by atoms with E-state index < -0.39 is 5.97 Å². The Hall–Kier alpha value is -1.88. The van der Waals surface area contributed by atoms with E-state index in [1.54, 1.807) is 18.2 Å². The molecule has 5 heteroatoms. The molecular formula is C18H24O5. The van der Waals surface area contributed by atoms with Gasteiger partial charge in [-0.3, -0.25) is 4.79 Å². The van der Waals surface area contributed by atoms with Crippen molar-refractivity contribution >= 4 is 11.9 Å². The summed E-state index contributed by atoms with van der Waals surface area (Å²) >= 11 is 0. The van der Waals surface area contributed by atoms with E-state index in [0.29, 0.717) is 30.8 Å². The van der Waals surface area contributed by atoms with Gasteiger partial charge in [-0.1, -0.05) is 38.0 Å². The molecule has 1 heterocycles. The average molecular weight is 320 g/mol. The van der Waals surface area contributed by atoms with Gasteiger partial charge in [-0.25, -0.2) is 4.79 Å². The van der Waals surface area contributed by atoms with E-state index in [-0.39, 0.29) is 18.7 Å². The molecule has 0 aromatic heterocycles. The van der Waals surface area contributed by atoms with Gasteiger partial charge in [-0.2, -0.15) is 0 Å². The van der Waals surface area contributed by atoms with Crippen molar-refractivity contribution < 1.29 is 23.8 Å². The molecule has 1 atom stereocenters. The van der Waals surface area contributed by atoms with Crippen LogP contribution in [-0.4, -0.2) is 31.3 Å². The SMILES string of the molecule is CCCCCC(=O)OCc1ccccc1C(=O)OC1CCOC1. The van der Waals surface area contributed by atoms with Gasteiger partial charge in [-0.15, -0.1) is 0 Å². The Morgan fingerprint density at radius 1 is 1.26 bits per heavy atom. The minimum absolute atomic E-state index is 0.0946. The quantitative estimate of drug-likeness (QED) is 0.543. The first kappa shape index (κ1) is 17.5. The Bertz CT molecular complexity index is 520. The van der Waals surface area contributed by atoms with Crippen LogP contribution in [0.15, 0.2) is 24.3 Å². The monoisotopic (exact) mass is 320 g/mol. The molecule has 0 spiro atoms. The Morgan fingerprint density at radius 3 is 2.83 bits per heavy atom. The molecule has 23 heavy (non-hydrogen) atoms. The fourth-order valence-corrected chi connectivity index (χ4v) is 2.42. The van der Waals surface area contributed by atoms with Crippen LogP contribution >= 0.6 is 0 Å². The molecule has 2 rings (SSSR count). The molecule has 5 nitrogen and oxygen atoms in total. The second-order valence-electron chi connectivity index (χ2n) is 5.67. The van der Waals surface area contributed by atoms with Crippen LogP contribution in [0.25, 0.3) is 0 Å². The topological polar surface area (TPSA) is 61.8 Å². The Balaban J connectivity index is 1.88. The van der Waals surface area contributed by atoms with Gasteiger partial charge in [0, 0.05) is 18.4 Å². The van der Waals surface area contributed by atoms with Crippen LogP contribution in [0.3, 0.4) is 0 Å². The van der Waals surface area contributed by atoms with Crippen LogP contribution < -0.4 is 0 Å². The molecule has 1 saturated heterocycles. The Labute approximate surface area is 136 Å². The highest BCUT2D eigenvalue weighted by Gasteiger charge is 2.22. The van der Waals surface area contributed by atoms with Gasteiger partial charge in [0.15, 0.2) is 0 Å². The van der Waals surface area contributed by atoms with Crippen molar-refractivity contribution in [1.29, 1.82) is 0 Å². The number of unbranched alkanes of at least 4 members (excludes halogenated alkanes) is 2. The van der Waals surface area contributed by atoms with Crippen LogP contribution in [0.5, 0.6) is 0 Å². The number of esters is 2. The maximum Gasteiger partial charge on any atom is 0.338 e. The number of hydrogen-bond donors (Lipinski definition) is 0. The summed E-state index contributed by atoms with van der Waals surface area (Å²) in [6.45, 7) is 3.25. The highest BCUT2D eigenvalue weighted by atomic mass is 16.6. The first-order valence-corrected chi connectivity index (χ1v) is 8.23. The summed E-state index contributed by atoms with van der Waals surface area (Å²) in [5.74, 6) is -0.621. The van der Waals surface area contributed by atoms with E-state index in [1.165, 1.54) is 0 Å². The molecule has 1 fully saturated rings. The van der Waals surface area contributed by atoms with Gasteiger partial charge in [0.25, 0.3) is 0 Å². The van der Waals surface area contributed by atoms with Crippen molar-refractivity contribution in [3.63, 3.8) is 0 Å². The first-order chi connectivity index (χ1) is 11.2. The lowest BCUT2D eigenvalue weighted by atomic mass is 10.1. The van der Waals surface area contributed by atoms with Crippen molar-refractivity contribution in [2.24, 2.45) is 0 Å². The van der Waals surface area contributed by atoms with Crippen molar-refractivity contribution in [3.8, 4) is 0 Å². The molecular weight excluding hydrogens is 296 g/mol. The summed E-state index contributed by atoms with van der Waals surface area (Å²) < 4.78 is 15.9. The summed E-state index contributed by atoms with van der Waals surface area (Å²) in [4.78, 5) is 24.0. The maximum atomic E-state index is 12.3. The molecule has 0 saturated carbocycles. The number of hydrogen-bond acceptors (Lipinski definition) is 5. The molecule has 1 aromatic rings. The van der Waals surface area contributed by atoms with Crippen molar-refractivity contribution in [1.82, 2.24) is 0 Å². The van der Waals surface area contributed by atoms with Gasteiger partial charge < -0.3 is 14.2 Å². The summed E-state index contributed by atoms with van der Waals surface area (Å²) in [6, 6.07) is 7.06. The van der Waals surface area contributed by atoms with Crippen LogP contribution in [-0.2, 0) is 25.6 Å². The zero-order chi connectivity index (χ0) is 16.5. The first-order valence-electron chi connectivity index (χ1n) is 8.23. The zero-order valence-electron chi connectivity index (χ0n) is 13.6. The molecule has 0 amide bonds. The number of ether oxygens (including phenoxy) is 3. The summed E-state index contributed by atoms with van der Waals surface area (Å²) in [5, 5.41) is 0. The number of carbonyl (C=O) groups is 2. The van der Waals surface area contributed by atoms with Gasteiger partial charge in [0.1, 0.15) is 12.7 Å². The minimum atomic E-state index is -0.391. The molecule has 0 radical (unpaired) electrons. The number of benzene rings is 1. The largest absolute Gasteiger partial charge is 0.461 e. The van der Waals surface area contributed by atoms with Crippen molar-refractivity contribution in [2.45, 2.75) is 51.7 Å². The summed E-state index contributed by atoms with van der Waals surface area (Å²) in [6.07, 6.45) is 3.86. The normalized spacial score (nSPS) is 17.0. The zero-order valence-corrected chi connectivity index (χ0v) is 13.6. The van der Waals surface area contributed by atoms with E-state index in [1.807, 2.05) is 6.07 Å². The highest BCUT2D eigenvalue weighted by Crippen LogP contribution is 2.16. The predicted octanol–water partition coefficient (Wildman–Crippen LogP) is 3.26. The summed E-state index contributed by atoms with van der Waals surface area (Å²) in [7, 11) is 0. The van der Waals surface area contributed by atoms with Gasteiger partial charge >= 0.3 is 11.9 Å². The van der Waals surface area contributed by atoms with Gasteiger partial charge in [0.05, 0.1) is 18.8 Å². The lowest BCUT2D eigenvalue weighted by Crippen LogP contribution is -2.19. The van der Waals surface area contributed by atoms with Crippen molar-refractivity contribution in [2.75, 3.05) is 13.2 Å². The fraction of sp³-hybridized carbons (Fsp3) is 0.556. The van der Waals surface area contributed by atoms with Crippen LogP contribution in [0.4, 0.5) is 0 Å². The second-order valence-corrected chi connectivity index (χ2v) is 5.67. The third-order valence-corrected chi connectivity index (χ3v) is 3.77. The summed E-state index contributed by atoms with van der Waals surface area (Å²) in [5.41, 5.74) is 1.11. The van der Waals surface area contributed by atoms with Gasteiger partial charge in [0.2, 0.25) is 0 Å². The lowest BCUT2D eigenvalue weighted by Gasteiger charge is -2.13. The van der Waals surface area contributed by atoms with Gasteiger partial charge in [-0.05, 0) is 12.5 Å². The predicted molar refractivity (Wildman–Crippen MR) is 85.0 cm³/mol. The third kappa shape index (κ3) is 5.67. The Kier molecular flexibility index (Phi) is 7.07. The maximum absolute atomic E-state index is 12.3. The van der Waals surface area contributed by atoms with E-state index >= 15 is 0 Å². The Morgan fingerprint density at radius 2 is 2.09 bits per heavy atom. The molecule has 0 bridgehead atoms. The molecule has 1 aliphatic rings. The fourth-order valence-electron chi connectivity index (χ4n) is 2.42. The smallest absolute Gasteiger partial charge is 0.338 e. The van der Waals surface area contributed by atoms with Crippen LogP contribution in [0, 0.1) is 0 Å². The third-order valence-electron chi connectivity index (χ3n) is 3.77. The van der Waals surface area contributed by atoms with Crippen molar-refractivity contribution in [3.05, 3.63) is 35.4 Å². The molecule has 126 valence electrons. The molecule has 0 aliphatic carbocycles. The van der Waals surface area contributed by atoms with Crippen LogP contribution in [0.2, 0.25) is 0 Å². The molecule has 0 N–H and O–H groups in total. The minimum Gasteiger partial charge on any atom is -0.461 e. The van der Waals surface area contributed by atoms with Crippen LogP contribution in [0.1, 0.15) is 54.9 Å². The number of rotatable bonds is 8. The standard InChI is InChI=1S/C18H24O5/c1-2-3-4-9-17(19)22-12-14-7-5-6-8-16(14)18(20)23-15-10-11-21-13-15/h5-8,15H,2-4,9-13H2,1H3. The highest BCUT2D eigenvalue weighted by molar-refractivity contribution is 5.91. The average Bonchev–Trinajstić information content (AvgIpc) is 3.06. The second kappa shape index (κ2) is 9.30.